The third-order valence-electron chi connectivity index (χ3n) is 2.60. The van der Waals surface area contributed by atoms with Crippen molar-refractivity contribution in [1.29, 1.82) is 0 Å². The maximum atomic E-state index is 11.5. The van der Waals surface area contributed by atoms with Crippen LogP contribution in [0, 0.1) is 6.92 Å². The van der Waals surface area contributed by atoms with Crippen molar-refractivity contribution in [1.82, 2.24) is 9.97 Å². The Hall–Kier alpha value is -3.23. The molecule has 22 heavy (non-hydrogen) atoms. The van der Waals surface area contributed by atoms with Gasteiger partial charge in [-0.1, -0.05) is 18.2 Å². The molecule has 9 nitrogen and oxygen atoms in total. The lowest BCUT2D eigenvalue weighted by Gasteiger charge is -2.05. The smallest absolute Gasteiger partial charge is 0.328 e. The molecule has 0 bridgehead atoms. The Kier molecular flexibility index (Phi) is 4.47. The predicted octanol–water partition coefficient (Wildman–Crippen LogP) is 0.767. The van der Waals surface area contributed by atoms with Crippen molar-refractivity contribution in [3.63, 3.8) is 0 Å². The van der Waals surface area contributed by atoms with Crippen LogP contribution < -0.4 is 16.0 Å². The van der Waals surface area contributed by atoms with Gasteiger partial charge in [0.05, 0.1) is 0 Å². The van der Waals surface area contributed by atoms with Crippen LogP contribution in [0.4, 0.5) is 5.69 Å². The molecule has 1 aromatic heterocycles. The molecule has 0 radical (unpaired) electrons. The van der Waals surface area contributed by atoms with Crippen LogP contribution >= 0.6 is 0 Å². The number of H-pyrrole nitrogens is 2. The Morgan fingerprint density at radius 2 is 2.00 bits per heavy atom. The summed E-state index contributed by atoms with van der Waals surface area (Å²) < 4.78 is 5.26. The van der Waals surface area contributed by atoms with Gasteiger partial charge in [0.15, 0.2) is 6.61 Å². The molecule has 0 atom stereocenters. The van der Waals surface area contributed by atoms with Crippen LogP contribution in [0.15, 0.2) is 44.1 Å². The maximum Gasteiger partial charge on any atom is 0.328 e. The van der Waals surface area contributed by atoms with Crippen molar-refractivity contribution in [2.75, 3.05) is 6.61 Å². The third kappa shape index (κ3) is 3.66. The van der Waals surface area contributed by atoms with Gasteiger partial charge in [-0.25, -0.2) is 4.79 Å². The van der Waals surface area contributed by atoms with Gasteiger partial charge in [-0.3, -0.25) is 19.6 Å². The molecule has 0 saturated carbocycles. The molecule has 0 unspecified atom stereocenters. The summed E-state index contributed by atoms with van der Waals surface area (Å²) >= 11 is 0. The van der Waals surface area contributed by atoms with E-state index in [1.54, 1.807) is 12.1 Å². The first-order chi connectivity index (χ1) is 10.5. The van der Waals surface area contributed by atoms with Crippen molar-refractivity contribution in [3.8, 4) is 11.6 Å². The monoisotopic (exact) mass is 304 g/mol. The zero-order valence-electron chi connectivity index (χ0n) is 11.5. The summed E-state index contributed by atoms with van der Waals surface area (Å²) in [7, 11) is 0. The van der Waals surface area contributed by atoms with Crippen molar-refractivity contribution < 1.29 is 14.6 Å². The van der Waals surface area contributed by atoms with Crippen LogP contribution in [0.5, 0.6) is 11.6 Å². The molecule has 0 aliphatic heterocycles. The lowest BCUT2D eigenvalue weighted by Crippen LogP contribution is -2.21. The number of benzene rings is 1. The lowest BCUT2D eigenvalue weighted by molar-refractivity contribution is -0.120. The number of para-hydroxylation sites is 1. The van der Waals surface area contributed by atoms with Crippen LogP contribution in [0.2, 0.25) is 0 Å². The summed E-state index contributed by atoms with van der Waals surface area (Å²) in [5, 5.41) is 15.9. The number of carbonyl (C=O) groups is 1. The number of aromatic amines is 2. The highest BCUT2D eigenvalue weighted by Crippen LogP contribution is 2.17. The Morgan fingerprint density at radius 3 is 2.68 bits per heavy atom. The standard InChI is InChI=1S/C13H12N4O5/c1-7-4-2-3-5-8(7)22-6-9(18)16-17-10-11(19)14-13(21)15-12(10)20/h2-5H,6H2,1H3,(H3,14,15,19,20,21). The van der Waals surface area contributed by atoms with Crippen molar-refractivity contribution in [2.24, 2.45) is 10.2 Å². The van der Waals surface area contributed by atoms with E-state index in [2.05, 4.69) is 10.2 Å². The van der Waals surface area contributed by atoms with E-state index < -0.39 is 28.7 Å². The molecule has 0 aliphatic rings. The number of aryl methyl sites for hydroxylation is 1. The molecule has 9 heteroatoms. The molecule has 0 aliphatic carbocycles. The molecule has 114 valence electrons. The first-order valence-corrected chi connectivity index (χ1v) is 6.16. The molecule has 1 aromatic carbocycles. The van der Waals surface area contributed by atoms with E-state index in [9.17, 15) is 19.5 Å². The van der Waals surface area contributed by atoms with Gasteiger partial charge in [0.25, 0.3) is 5.56 Å². The number of aromatic hydroxyl groups is 1. The van der Waals surface area contributed by atoms with E-state index in [1.165, 1.54) is 0 Å². The van der Waals surface area contributed by atoms with Gasteiger partial charge in [0.1, 0.15) is 5.75 Å². The van der Waals surface area contributed by atoms with E-state index in [-0.39, 0.29) is 6.61 Å². The van der Waals surface area contributed by atoms with Crippen LogP contribution in [-0.2, 0) is 4.79 Å². The molecule has 0 saturated heterocycles. The number of rotatable bonds is 4. The quantitative estimate of drug-likeness (QED) is 0.716. The molecule has 3 N–H and O–H groups in total. The van der Waals surface area contributed by atoms with Gasteiger partial charge in [0, 0.05) is 0 Å². The number of aromatic nitrogens is 2. The van der Waals surface area contributed by atoms with E-state index in [0.29, 0.717) is 5.75 Å². The number of amides is 1. The van der Waals surface area contributed by atoms with Gasteiger partial charge in [-0.05, 0) is 18.6 Å². The Labute approximate surface area is 123 Å². The van der Waals surface area contributed by atoms with E-state index in [4.69, 9.17) is 4.74 Å². The minimum atomic E-state index is -0.961. The second-order valence-corrected chi connectivity index (χ2v) is 4.25. The molecule has 0 fully saturated rings. The Morgan fingerprint density at radius 1 is 1.27 bits per heavy atom. The summed E-state index contributed by atoms with van der Waals surface area (Å²) in [4.78, 5) is 37.5. The second kappa shape index (κ2) is 6.48. The summed E-state index contributed by atoms with van der Waals surface area (Å²) in [5.41, 5.74) is -1.57. The average molecular weight is 304 g/mol. The first kappa shape index (κ1) is 15.2. The maximum absolute atomic E-state index is 11.5. The van der Waals surface area contributed by atoms with Crippen molar-refractivity contribution in [3.05, 3.63) is 50.7 Å². The summed E-state index contributed by atoms with van der Waals surface area (Å²) in [6.45, 7) is 1.44. The highest BCUT2D eigenvalue weighted by atomic mass is 16.5. The van der Waals surface area contributed by atoms with Gasteiger partial charge in [0.2, 0.25) is 11.6 Å². The van der Waals surface area contributed by atoms with Crippen molar-refractivity contribution in [2.45, 2.75) is 6.92 Å². The van der Waals surface area contributed by atoms with Crippen LogP contribution in [-0.4, -0.2) is 27.6 Å². The van der Waals surface area contributed by atoms with Crippen LogP contribution in [0.25, 0.3) is 0 Å². The highest BCUT2D eigenvalue weighted by molar-refractivity contribution is 5.78. The van der Waals surface area contributed by atoms with Crippen LogP contribution in [0.3, 0.4) is 0 Å². The molecular weight excluding hydrogens is 292 g/mol. The summed E-state index contributed by atoms with van der Waals surface area (Å²) in [5.74, 6) is -1.01. The average Bonchev–Trinajstić information content (AvgIpc) is 2.45. The fourth-order valence-electron chi connectivity index (χ4n) is 1.55. The number of hydrogen-bond donors (Lipinski definition) is 3. The molecule has 2 aromatic rings. The van der Waals surface area contributed by atoms with E-state index in [0.717, 1.165) is 5.56 Å². The zero-order chi connectivity index (χ0) is 16.1. The van der Waals surface area contributed by atoms with Gasteiger partial charge < -0.3 is 9.84 Å². The molecule has 1 amide bonds. The second-order valence-electron chi connectivity index (χ2n) is 4.25. The minimum Gasteiger partial charge on any atom is -0.493 e. The lowest BCUT2D eigenvalue weighted by atomic mass is 10.2. The predicted molar refractivity (Wildman–Crippen MR) is 75.5 cm³/mol. The Bertz CT molecular complexity index is 837. The molecule has 2 rings (SSSR count). The van der Waals surface area contributed by atoms with Crippen LogP contribution in [0.1, 0.15) is 5.56 Å². The SMILES string of the molecule is Cc1ccccc1OCC(=O)N=Nc1c(O)[nH]c(=O)[nH]c1=O. The third-order valence-corrected chi connectivity index (χ3v) is 2.60. The Balaban J connectivity index is 2.05. The fourth-order valence-corrected chi connectivity index (χ4v) is 1.55. The first-order valence-electron chi connectivity index (χ1n) is 6.16. The number of azo groups is 1. The summed E-state index contributed by atoms with van der Waals surface area (Å²) in [6.07, 6.45) is 0. The molecule has 1 heterocycles. The largest absolute Gasteiger partial charge is 0.493 e. The van der Waals surface area contributed by atoms with Gasteiger partial charge in [-0.15, -0.1) is 10.2 Å². The zero-order valence-corrected chi connectivity index (χ0v) is 11.5. The summed E-state index contributed by atoms with van der Waals surface area (Å²) in [6, 6.07) is 7.10. The molecule has 0 spiro atoms. The number of carbonyl (C=O) groups excluding carboxylic acids is 1. The number of nitrogens with zero attached hydrogens (tertiary/aromatic N) is 2. The topological polar surface area (TPSA) is 137 Å². The van der Waals surface area contributed by atoms with E-state index in [1.807, 2.05) is 29.0 Å². The van der Waals surface area contributed by atoms with Gasteiger partial charge in [-0.2, -0.15) is 0 Å². The van der Waals surface area contributed by atoms with Gasteiger partial charge >= 0.3 is 11.6 Å². The highest BCUT2D eigenvalue weighted by Gasteiger charge is 2.09. The number of hydrogen-bond acceptors (Lipinski definition) is 6. The van der Waals surface area contributed by atoms with Crippen molar-refractivity contribution >= 4 is 11.6 Å². The number of ether oxygens (including phenoxy) is 1. The minimum absolute atomic E-state index is 0.379. The van der Waals surface area contributed by atoms with E-state index >= 15 is 0 Å². The molecular formula is C13H12N4O5. The normalized spacial score (nSPS) is 10.8. The number of nitrogens with one attached hydrogen (secondary N) is 2. The fraction of sp³-hybridized carbons (Fsp3) is 0.154.